The average Bonchev–Trinajstić information content (AvgIpc) is 3.28. The Bertz CT molecular complexity index is 833. The fraction of sp³-hybridized carbons (Fsp3) is 0.389. The molecule has 0 radical (unpaired) electrons. The van der Waals surface area contributed by atoms with Gasteiger partial charge in [0.25, 0.3) is 5.91 Å². The van der Waals surface area contributed by atoms with E-state index in [0.717, 1.165) is 51.4 Å². The molecule has 0 saturated heterocycles. The van der Waals surface area contributed by atoms with Gasteiger partial charge in [-0.3, -0.25) is 14.8 Å². The minimum atomic E-state index is -0.0510. The van der Waals surface area contributed by atoms with Crippen LogP contribution in [0.15, 0.2) is 22.1 Å². The number of carbonyl (C=O) groups excluding carboxylic acids is 1. The molecular weight excluding hydrogens is 320 g/mol. The molecule has 2 N–H and O–H groups in total. The summed E-state index contributed by atoms with van der Waals surface area (Å²) in [7, 11) is 0. The Morgan fingerprint density at radius 3 is 2.71 bits per heavy atom. The summed E-state index contributed by atoms with van der Waals surface area (Å²) in [5, 5.41) is 7.60. The van der Waals surface area contributed by atoms with Crippen LogP contribution in [0, 0.1) is 0 Å². The monoisotopic (exact) mass is 342 g/mol. The number of hydrogen-bond acceptors (Lipinski definition) is 5. The van der Waals surface area contributed by atoms with E-state index in [0.29, 0.717) is 0 Å². The van der Waals surface area contributed by atoms with Crippen molar-refractivity contribution in [2.45, 2.75) is 39.2 Å². The smallest absolute Gasteiger partial charge is 0.264 e. The van der Waals surface area contributed by atoms with Gasteiger partial charge in [0.2, 0.25) is 0 Å². The maximum absolute atomic E-state index is 12.5. The van der Waals surface area contributed by atoms with Crippen molar-refractivity contribution in [2.24, 2.45) is 9.98 Å². The number of amides is 1. The lowest BCUT2D eigenvalue weighted by atomic mass is 10.1. The van der Waals surface area contributed by atoms with Crippen LogP contribution in [-0.2, 0) is 0 Å². The number of thiophene rings is 1. The zero-order valence-electron chi connectivity index (χ0n) is 14.3. The molecule has 1 saturated carbocycles. The van der Waals surface area contributed by atoms with Crippen molar-refractivity contribution < 1.29 is 4.79 Å². The summed E-state index contributed by atoms with van der Waals surface area (Å²) in [5.41, 5.74) is 2.34. The summed E-state index contributed by atoms with van der Waals surface area (Å²) >= 11 is 1.50. The molecule has 126 valence electrons. The molecule has 24 heavy (non-hydrogen) atoms. The molecule has 1 aromatic carbocycles. The van der Waals surface area contributed by atoms with Gasteiger partial charge in [0.15, 0.2) is 0 Å². The molecule has 1 amide bonds. The fourth-order valence-corrected chi connectivity index (χ4v) is 4.01. The number of carbonyl (C=O) groups is 1. The third-order valence-electron chi connectivity index (χ3n) is 4.28. The van der Waals surface area contributed by atoms with E-state index in [1.807, 2.05) is 32.9 Å². The molecule has 1 fully saturated rings. The quantitative estimate of drug-likeness (QED) is 0.779. The first-order valence-corrected chi connectivity index (χ1v) is 9.10. The van der Waals surface area contributed by atoms with Gasteiger partial charge in [-0.15, -0.1) is 11.3 Å². The lowest BCUT2D eigenvalue weighted by Gasteiger charge is -2.13. The molecule has 1 aliphatic heterocycles. The molecule has 1 aliphatic carbocycles. The van der Waals surface area contributed by atoms with Gasteiger partial charge in [0.1, 0.15) is 4.88 Å². The van der Waals surface area contributed by atoms with E-state index in [2.05, 4.69) is 27.3 Å². The number of nitrogens with zero attached hydrogens (tertiary/aromatic N) is 2. The molecule has 6 heteroatoms. The van der Waals surface area contributed by atoms with E-state index in [4.69, 9.17) is 0 Å². The molecule has 0 atom stereocenters. The molecule has 1 aromatic heterocycles. The lowest BCUT2D eigenvalue weighted by Crippen LogP contribution is -2.39. The first-order valence-electron chi connectivity index (χ1n) is 8.29. The van der Waals surface area contributed by atoms with Gasteiger partial charge in [0.05, 0.1) is 22.6 Å². The summed E-state index contributed by atoms with van der Waals surface area (Å²) in [6.07, 6.45) is 3.82. The van der Waals surface area contributed by atoms with Crippen LogP contribution in [0.4, 0.5) is 17.1 Å². The molecular formula is C18H22N4OS. The number of anilines is 1. The third-order valence-corrected chi connectivity index (χ3v) is 5.43. The minimum Gasteiger partial charge on any atom is -0.381 e. The highest BCUT2D eigenvalue weighted by molar-refractivity contribution is 7.21. The molecule has 0 unspecified atom stereocenters. The van der Waals surface area contributed by atoms with Gasteiger partial charge in [-0.25, -0.2) is 0 Å². The van der Waals surface area contributed by atoms with E-state index in [-0.39, 0.29) is 11.4 Å². The van der Waals surface area contributed by atoms with Gasteiger partial charge in [-0.1, -0.05) is 13.8 Å². The highest BCUT2D eigenvalue weighted by atomic mass is 32.1. The molecule has 2 aliphatic rings. The van der Waals surface area contributed by atoms with E-state index in [1.165, 1.54) is 11.3 Å². The molecule has 2 aromatic rings. The van der Waals surface area contributed by atoms with Crippen LogP contribution in [-0.4, -0.2) is 30.9 Å². The van der Waals surface area contributed by atoms with Crippen molar-refractivity contribution >= 4 is 57.3 Å². The molecule has 4 rings (SSSR count). The van der Waals surface area contributed by atoms with Crippen LogP contribution >= 0.6 is 11.3 Å². The lowest BCUT2D eigenvalue weighted by molar-refractivity contribution is 0.0942. The second kappa shape index (κ2) is 6.36. The molecule has 2 heterocycles. The Morgan fingerprint density at radius 1 is 1.33 bits per heavy atom. The maximum Gasteiger partial charge on any atom is 0.264 e. The van der Waals surface area contributed by atoms with Crippen molar-refractivity contribution in [2.75, 3.05) is 11.9 Å². The Balaban J connectivity index is 0.000000815. The molecule has 0 bridgehead atoms. The first-order chi connectivity index (χ1) is 11.7. The zero-order valence-corrected chi connectivity index (χ0v) is 15.1. The third kappa shape index (κ3) is 2.60. The van der Waals surface area contributed by atoms with Crippen molar-refractivity contribution in [1.82, 2.24) is 5.32 Å². The Labute approximate surface area is 145 Å². The Hall–Kier alpha value is -2.21. The van der Waals surface area contributed by atoms with Crippen LogP contribution in [0.2, 0.25) is 0 Å². The molecule has 5 nitrogen and oxygen atoms in total. The van der Waals surface area contributed by atoms with Crippen molar-refractivity contribution in [3.63, 3.8) is 0 Å². The van der Waals surface area contributed by atoms with Gasteiger partial charge < -0.3 is 10.6 Å². The van der Waals surface area contributed by atoms with E-state index in [1.54, 1.807) is 6.21 Å². The Kier molecular flexibility index (Phi) is 4.41. The number of nitrogens with one attached hydrogen (secondary N) is 2. The van der Waals surface area contributed by atoms with Gasteiger partial charge >= 0.3 is 0 Å². The van der Waals surface area contributed by atoms with Crippen LogP contribution in [0.1, 0.15) is 43.3 Å². The second-order valence-corrected chi connectivity index (χ2v) is 6.80. The van der Waals surface area contributed by atoms with Gasteiger partial charge in [-0.2, -0.15) is 0 Å². The normalized spacial score (nSPS) is 17.5. The highest BCUT2D eigenvalue weighted by Crippen LogP contribution is 2.48. The summed E-state index contributed by atoms with van der Waals surface area (Å²) in [5.74, 6) is 0.0123. The van der Waals surface area contributed by atoms with Gasteiger partial charge in [-0.05, 0) is 38.6 Å². The van der Waals surface area contributed by atoms with Crippen LogP contribution in [0.3, 0.4) is 0 Å². The molecule has 1 spiro atoms. The van der Waals surface area contributed by atoms with Crippen molar-refractivity contribution in [1.29, 1.82) is 0 Å². The van der Waals surface area contributed by atoms with Gasteiger partial charge in [0, 0.05) is 22.8 Å². The maximum atomic E-state index is 12.5. The van der Waals surface area contributed by atoms with E-state index in [9.17, 15) is 4.79 Å². The minimum absolute atomic E-state index is 0.0123. The summed E-state index contributed by atoms with van der Waals surface area (Å²) in [6, 6.07) is 3.88. The number of fused-ring (bicyclic) bond motifs is 3. The summed E-state index contributed by atoms with van der Waals surface area (Å²) < 4.78 is 1.03. The highest BCUT2D eigenvalue weighted by Gasteiger charge is 2.46. The number of aliphatic imine (C=N–C) groups is 2. The number of hydrogen-bond donors (Lipinski definition) is 2. The van der Waals surface area contributed by atoms with Crippen LogP contribution < -0.4 is 10.6 Å². The van der Waals surface area contributed by atoms with Crippen molar-refractivity contribution in [3.05, 3.63) is 17.0 Å². The number of rotatable bonds is 2. The summed E-state index contributed by atoms with van der Waals surface area (Å²) in [6.45, 7) is 10.3. The van der Waals surface area contributed by atoms with Crippen LogP contribution in [0.5, 0.6) is 0 Å². The van der Waals surface area contributed by atoms with Crippen molar-refractivity contribution in [3.8, 4) is 0 Å². The van der Waals surface area contributed by atoms with E-state index >= 15 is 0 Å². The average molecular weight is 342 g/mol. The topological polar surface area (TPSA) is 65.8 Å². The SMILES string of the molecule is C=Nc1ccc2sc3c(c2c1N=CC)NCC1(CC1)NC3=O.CC. The number of benzene rings is 1. The largest absolute Gasteiger partial charge is 0.381 e. The summed E-state index contributed by atoms with van der Waals surface area (Å²) in [4.78, 5) is 21.8. The predicted molar refractivity (Wildman–Crippen MR) is 104 cm³/mol. The van der Waals surface area contributed by atoms with Crippen LogP contribution in [0.25, 0.3) is 10.1 Å². The predicted octanol–water partition coefficient (Wildman–Crippen LogP) is 4.67. The van der Waals surface area contributed by atoms with E-state index < -0.39 is 0 Å². The fourth-order valence-electron chi connectivity index (χ4n) is 2.93. The zero-order chi connectivity index (χ0) is 17.3. The standard InChI is InChI=1S/C16H16N4OS.C2H6/c1-3-18-12-9(17-2)4-5-10-11(12)13-14(22-10)15(21)20-16(6-7-16)8-19-13;1-2/h3-5,19H,2,6-8H2,1H3,(H,20,21);1-2H3. The Morgan fingerprint density at radius 2 is 2.08 bits per heavy atom. The second-order valence-electron chi connectivity index (χ2n) is 5.75. The first kappa shape index (κ1) is 16.6.